The minimum atomic E-state index is -0.806. The number of para-hydroxylation sites is 1. The van der Waals surface area contributed by atoms with Gasteiger partial charge in [0.25, 0.3) is 0 Å². The molecule has 0 amide bonds. The maximum absolute atomic E-state index is 12.3. The SMILES string of the molecule is [O-]c1c(F)cccc1PO. The number of benzene rings is 1. The summed E-state index contributed by atoms with van der Waals surface area (Å²) in [6.45, 7) is 0. The average molecular weight is 159 g/mol. The molecule has 0 heterocycles. The van der Waals surface area contributed by atoms with E-state index < -0.39 is 20.4 Å². The molecule has 10 heavy (non-hydrogen) atoms. The monoisotopic (exact) mass is 159 g/mol. The largest absolute Gasteiger partial charge is 0.870 e. The van der Waals surface area contributed by atoms with Gasteiger partial charge in [-0.3, -0.25) is 0 Å². The van der Waals surface area contributed by atoms with E-state index in [1.165, 1.54) is 12.1 Å². The van der Waals surface area contributed by atoms with Crippen LogP contribution < -0.4 is 10.4 Å². The smallest absolute Gasteiger partial charge is 0.116 e. The van der Waals surface area contributed by atoms with Crippen molar-refractivity contribution in [2.75, 3.05) is 0 Å². The number of halogens is 1. The van der Waals surface area contributed by atoms with Crippen molar-refractivity contribution < 1.29 is 14.4 Å². The minimum absolute atomic E-state index is 0.125. The Morgan fingerprint density at radius 1 is 1.50 bits per heavy atom. The van der Waals surface area contributed by atoms with Crippen molar-refractivity contribution in [2.24, 2.45) is 0 Å². The third-order valence-electron chi connectivity index (χ3n) is 1.09. The van der Waals surface area contributed by atoms with E-state index in [1.807, 2.05) is 0 Å². The zero-order valence-corrected chi connectivity index (χ0v) is 5.97. The van der Waals surface area contributed by atoms with E-state index in [0.29, 0.717) is 0 Å². The van der Waals surface area contributed by atoms with Crippen molar-refractivity contribution in [3.8, 4) is 5.75 Å². The Morgan fingerprint density at radius 3 is 2.70 bits per heavy atom. The van der Waals surface area contributed by atoms with Crippen LogP contribution in [0.3, 0.4) is 0 Å². The van der Waals surface area contributed by atoms with Gasteiger partial charge in [0.05, 0.1) is 0 Å². The summed E-state index contributed by atoms with van der Waals surface area (Å²) in [4.78, 5) is 8.50. The van der Waals surface area contributed by atoms with Crippen LogP contribution in [0.4, 0.5) is 4.39 Å². The van der Waals surface area contributed by atoms with Gasteiger partial charge in [-0.25, -0.2) is 4.39 Å². The van der Waals surface area contributed by atoms with Crippen LogP contribution >= 0.6 is 8.81 Å². The lowest BCUT2D eigenvalue weighted by Crippen LogP contribution is -2.07. The fourth-order valence-corrected chi connectivity index (χ4v) is 0.989. The van der Waals surface area contributed by atoms with Crippen LogP contribution in [0.15, 0.2) is 18.2 Å². The zero-order chi connectivity index (χ0) is 7.56. The van der Waals surface area contributed by atoms with Gasteiger partial charge in [-0.2, -0.15) is 0 Å². The number of rotatable bonds is 1. The molecular formula is C6H5FO2P-. The molecule has 1 N–H and O–H groups in total. The summed E-state index contributed by atoms with van der Waals surface area (Å²) >= 11 is 0. The fraction of sp³-hybridized carbons (Fsp3) is 0. The van der Waals surface area contributed by atoms with Gasteiger partial charge < -0.3 is 10.00 Å². The molecule has 0 aliphatic rings. The quantitative estimate of drug-likeness (QED) is 0.591. The molecule has 1 aromatic carbocycles. The lowest BCUT2D eigenvalue weighted by Gasteiger charge is -2.10. The molecule has 0 saturated heterocycles. The summed E-state index contributed by atoms with van der Waals surface area (Å²) in [5, 5.41) is 10.8. The van der Waals surface area contributed by atoms with E-state index in [9.17, 15) is 9.50 Å². The van der Waals surface area contributed by atoms with Gasteiger partial charge in [0, 0.05) is 8.81 Å². The standard InChI is InChI=1S/C6H6FO2P/c7-4-2-1-3-5(10-9)6(4)8/h1-3,8-10H/p-1. The van der Waals surface area contributed by atoms with Crippen molar-refractivity contribution in [2.45, 2.75) is 0 Å². The molecule has 0 saturated carbocycles. The van der Waals surface area contributed by atoms with Gasteiger partial charge in [0.15, 0.2) is 0 Å². The summed E-state index contributed by atoms with van der Waals surface area (Å²) in [6, 6.07) is 3.88. The molecule has 0 spiro atoms. The van der Waals surface area contributed by atoms with Crippen LogP contribution in [-0.2, 0) is 0 Å². The van der Waals surface area contributed by atoms with E-state index in [1.54, 1.807) is 0 Å². The molecule has 2 nitrogen and oxygen atoms in total. The van der Waals surface area contributed by atoms with E-state index in [0.717, 1.165) is 6.07 Å². The van der Waals surface area contributed by atoms with E-state index in [2.05, 4.69) is 0 Å². The topological polar surface area (TPSA) is 43.3 Å². The first kappa shape index (κ1) is 7.45. The third kappa shape index (κ3) is 1.25. The lowest BCUT2D eigenvalue weighted by molar-refractivity contribution is -0.270. The predicted molar refractivity (Wildman–Crippen MR) is 36.0 cm³/mol. The first-order valence-corrected chi connectivity index (χ1v) is 3.56. The van der Waals surface area contributed by atoms with Gasteiger partial charge in [0.2, 0.25) is 0 Å². The van der Waals surface area contributed by atoms with Gasteiger partial charge in [0.1, 0.15) is 5.82 Å². The first-order valence-electron chi connectivity index (χ1n) is 2.61. The Morgan fingerprint density at radius 2 is 2.20 bits per heavy atom. The molecular weight excluding hydrogens is 154 g/mol. The van der Waals surface area contributed by atoms with Gasteiger partial charge >= 0.3 is 0 Å². The molecule has 4 heteroatoms. The van der Waals surface area contributed by atoms with Crippen molar-refractivity contribution in [3.63, 3.8) is 0 Å². The second kappa shape index (κ2) is 2.95. The summed E-state index contributed by atoms with van der Waals surface area (Å²) in [5.74, 6) is -1.51. The summed E-state index contributed by atoms with van der Waals surface area (Å²) in [5.41, 5.74) is 0. The van der Waals surface area contributed by atoms with Crippen molar-refractivity contribution in [1.82, 2.24) is 0 Å². The summed E-state index contributed by atoms with van der Waals surface area (Å²) in [7, 11) is -0.627. The van der Waals surface area contributed by atoms with Crippen LogP contribution in [0, 0.1) is 5.82 Å². The highest BCUT2D eigenvalue weighted by atomic mass is 31.1. The van der Waals surface area contributed by atoms with Crippen molar-refractivity contribution in [1.29, 1.82) is 0 Å². The van der Waals surface area contributed by atoms with Crippen molar-refractivity contribution in [3.05, 3.63) is 24.0 Å². The molecule has 0 fully saturated rings. The molecule has 1 aromatic rings. The maximum atomic E-state index is 12.3. The van der Waals surface area contributed by atoms with Crippen LogP contribution in [0.2, 0.25) is 0 Å². The fourth-order valence-electron chi connectivity index (χ4n) is 0.597. The van der Waals surface area contributed by atoms with Crippen LogP contribution in [0.5, 0.6) is 5.75 Å². The van der Waals surface area contributed by atoms with Crippen LogP contribution in [-0.4, -0.2) is 4.89 Å². The minimum Gasteiger partial charge on any atom is -0.870 e. The summed E-state index contributed by atoms with van der Waals surface area (Å²) in [6.07, 6.45) is 0. The van der Waals surface area contributed by atoms with Crippen LogP contribution in [0.1, 0.15) is 0 Å². The molecule has 54 valence electrons. The van der Waals surface area contributed by atoms with Crippen LogP contribution in [0.25, 0.3) is 0 Å². The predicted octanol–water partition coefficient (Wildman–Crippen LogP) is 0.110. The van der Waals surface area contributed by atoms with Crippen molar-refractivity contribution >= 4 is 14.1 Å². The molecule has 1 atom stereocenters. The Kier molecular flexibility index (Phi) is 2.20. The third-order valence-corrected chi connectivity index (χ3v) is 1.72. The molecule has 1 unspecified atom stereocenters. The molecule has 0 aliphatic carbocycles. The molecule has 0 radical (unpaired) electrons. The van der Waals surface area contributed by atoms with Gasteiger partial charge in [-0.15, -0.1) is 0 Å². The highest BCUT2D eigenvalue weighted by Gasteiger charge is 1.95. The Bertz CT molecular complexity index is 239. The molecule has 0 aromatic heterocycles. The normalized spacial score (nSPS) is 11.0. The second-order valence-corrected chi connectivity index (χ2v) is 2.49. The van der Waals surface area contributed by atoms with E-state index in [4.69, 9.17) is 4.89 Å². The number of hydrogen-bond acceptors (Lipinski definition) is 2. The first-order chi connectivity index (χ1) is 4.75. The summed E-state index contributed by atoms with van der Waals surface area (Å²) < 4.78 is 12.3. The Hall–Kier alpha value is -0.660. The van der Waals surface area contributed by atoms with E-state index in [-0.39, 0.29) is 5.30 Å². The van der Waals surface area contributed by atoms with E-state index >= 15 is 0 Å². The highest BCUT2D eigenvalue weighted by Crippen LogP contribution is 2.14. The Labute approximate surface area is 59.2 Å². The van der Waals surface area contributed by atoms with Gasteiger partial charge in [-0.05, 0) is 11.4 Å². The second-order valence-electron chi connectivity index (χ2n) is 1.73. The zero-order valence-electron chi connectivity index (χ0n) is 4.97. The number of hydrogen-bond donors (Lipinski definition) is 1. The lowest BCUT2D eigenvalue weighted by atomic mass is 10.3. The Balaban J connectivity index is 3.14. The van der Waals surface area contributed by atoms with Gasteiger partial charge in [-0.1, -0.05) is 17.9 Å². The highest BCUT2D eigenvalue weighted by molar-refractivity contribution is 7.41. The maximum Gasteiger partial charge on any atom is 0.116 e. The molecule has 0 bridgehead atoms. The average Bonchev–Trinajstić information content (AvgIpc) is 1.95. The molecule has 1 rings (SSSR count). The molecule has 0 aliphatic heterocycles.